The number of hydrogen-bond donors (Lipinski definition) is 3. The second kappa shape index (κ2) is 14.7. The zero-order chi connectivity index (χ0) is 27.5. The van der Waals surface area contributed by atoms with Crippen molar-refractivity contribution in [1.29, 1.82) is 0 Å². The van der Waals surface area contributed by atoms with E-state index in [0.29, 0.717) is 18.6 Å². The highest BCUT2D eigenvalue weighted by Gasteiger charge is 2.24. The number of carboxylic acids is 2. The Kier molecular flexibility index (Phi) is 11.3. The molecule has 1 saturated heterocycles. The lowest BCUT2D eigenvalue weighted by Gasteiger charge is -2.36. The molecule has 2 aliphatic rings. The minimum Gasteiger partial charge on any atom is -0.478 e. The quantitative estimate of drug-likeness (QED) is 0.304. The highest BCUT2D eigenvalue weighted by Crippen LogP contribution is 2.48. The van der Waals surface area contributed by atoms with Crippen LogP contribution in [0.1, 0.15) is 30.1 Å². The molecule has 9 nitrogen and oxygen atoms in total. The number of hydrogen-bond acceptors (Lipinski definition) is 8. The van der Waals surface area contributed by atoms with Gasteiger partial charge in [-0.1, -0.05) is 36.9 Å². The van der Waals surface area contributed by atoms with Crippen LogP contribution in [-0.4, -0.2) is 95.3 Å². The van der Waals surface area contributed by atoms with Crippen molar-refractivity contribution in [3.05, 3.63) is 60.2 Å². The third kappa shape index (κ3) is 8.42. The number of piperazine rings is 1. The fourth-order valence-electron chi connectivity index (χ4n) is 4.42. The summed E-state index contributed by atoms with van der Waals surface area (Å²) in [5.41, 5.74) is 3.20. The molecule has 10 heteroatoms. The summed E-state index contributed by atoms with van der Waals surface area (Å²) >= 11 is 1.79. The number of carboxylic acid groups (broad SMARTS) is 2. The van der Waals surface area contributed by atoms with E-state index in [2.05, 4.69) is 51.1 Å². The fourth-order valence-corrected chi connectivity index (χ4v) is 5.50. The largest absolute Gasteiger partial charge is 0.478 e. The van der Waals surface area contributed by atoms with Crippen molar-refractivity contribution in [2.45, 2.75) is 29.6 Å². The fraction of sp³-hybridized carbons (Fsp3) is 0.393. The number of rotatable bonds is 10. The van der Waals surface area contributed by atoms with E-state index >= 15 is 0 Å². The van der Waals surface area contributed by atoms with Crippen LogP contribution in [0.2, 0.25) is 0 Å². The van der Waals surface area contributed by atoms with Crippen LogP contribution in [0.4, 0.5) is 11.4 Å². The van der Waals surface area contributed by atoms with Crippen molar-refractivity contribution in [2.75, 3.05) is 57.3 Å². The summed E-state index contributed by atoms with van der Waals surface area (Å²) in [6.07, 6.45) is 2.72. The molecule has 2 aliphatic heterocycles. The SMILES string of the molecule is CCC(=O)c1ccc2c(c1)N(CCCN1CCN(CCO)CC1)c1ccccc1S2.O=C(O)C=CC(=O)O. The summed E-state index contributed by atoms with van der Waals surface area (Å²) in [4.78, 5) is 41.2. The minimum absolute atomic E-state index is 0.197. The average Bonchev–Trinajstić information content (AvgIpc) is 2.92. The monoisotopic (exact) mass is 541 g/mol. The zero-order valence-corrected chi connectivity index (χ0v) is 22.4. The highest BCUT2D eigenvalue weighted by atomic mass is 32.2. The third-order valence-corrected chi connectivity index (χ3v) is 7.50. The molecule has 0 aromatic heterocycles. The van der Waals surface area contributed by atoms with E-state index in [-0.39, 0.29) is 12.4 Å². The first-order valence-electron chi connectivity index (χ1n) is 12.7. The Morgan fingerprint density at radius 3 is 2.05 bits per heavy atom. The molecule has 0 aliphatic carbocycles. The first-order valence-corrected chi connectivity index (χ1v) is 13.5. The number of Topliss-reactive ketones (excluding diaryl/α,β-unsaturated/α-hetero) is 1. The van der Waals surface area contributed by atoms with Gasteiger partial charge in [0.05, 0.1) is 18.0 Å². The number of para-hydroxylation sites is 1. The number of fused-ring (bicyclic) bond motifs is 2. The summed E-state index contributed by atoms with van der Waals surface area (Å²) in [7, 11) is 0. The molecule has 2 heterocycles. The van der Waals surface area contributed by atoms with Gasteiger partial charge in [0.15, 0.2) is 5.78 Å². The standard InChI is InChI=1S/C24H31N3O2S.C4H4O4/c1-2-22(29)19-8-9-24-21(18-19)27(20-6-3-4-7-23(20)30-24)11-5-10-25-12-14-26(15-13-25)16-17-28;5-3(6)1-2-4(7)8/h3-4,6-9,18,28H,2,5,10-17H2,1H3;1-2H,(H,5,6)(H,7,8). The molecule has 0 bridgehead atoms. The van der Waals surface area contributed by atoms with Crippen LogP contribution in [0, 0.1) is 0 Å². The van der Waals surface area contributed by atoms with E-state index in [1.54, 1.807) is 11.8 Å². The van der Waals surface area contributed by atoms with Gasteiger partial charge in [-0.2, -0.15) is 0 Å². The van der Waals surface area contributed by atoms with Gasteiger partial charge in [-0.15, -0.1) is 0 Å². The van der Waals surface area contributed by atoms with Crippen molar-refractivity contribution < 1.29 is 29.7 Å². The molecular weight excluding hydrogens is 506 g/mol. The van der Waals surface area contributed by atoms with Crippen LogP contribution in [0.5, 0.6) is 0 Å². The van der Waals surface area contributed by atoms with E-state index < -0.39 is 11.9 Å². The number of nitrogens with zero attached hydrogens (tertiary/aromatic N) is 3. The van der Waals surface area contributed by atoms with Crippen molar-refractivity contribution in [3.8, 4) is 0 Å². The molecule has 0 amide bonds. The second-order valence-electron chi connectivity index (χ2n) is 8.95. The number of aliphatic hydroxyl groups is 1. The summed E-state index contributed by atoms with van der Waals surface area (Å²) in [5.74, 6) is -2.32. The number of carbonyl (C=O) groups is 3. The number of ketones is 1. The van der Waals surface area contributed by atoms with Gasteiger partial charge >= 0.3 is 11.9 Å². The van der Waals surface area contributed by atoms with E-state index in [9.17, 15) is 14.4 Å². The second-order valence-corrected chi connectivity index (χ2v) is 10.0. The number of anilines is 2. The van der Waals surface area contributed by atoms with E-state index in [4.69, 9.17) is 15.3 Å². The van der Waals surface area contributed by atoms with Gasteiger partial charge in [0.1, 0.15) is 0 Å². The Labute approximate surface area is 227 Å². The highest BCUT2D eigenvalue weighted by molar-refractivity contribution is 7.99. The van der Waals surface area contributed by atoms with Gasteiger partial charge in [0.2, 0.25) is 0 Å². The number of aliphatic carboxylic acids is 2. The van der Waals surface area contributed by atoms with E-state index in [0.717, 1.165) is 63.5 Å². The Balaban J connectivity index is 0.000000436. The molecule has 0 saturated carbocycles. The smallest absolute Gasteiger partial charge is 0.328 e. The maximum atomic E-state index is 12.3. The number of carbonyl (C=O) groups excluding carboxylic acids is 1. The van der Waals surface area contributed by atoms with E-state index in [1.807, 2.05) is 13.0 Å². The van der Waals surface area contributed by atoms with Gasteiger partial charge in [-0.05, 0) is 37.2 Å². The van der Waals surface area contributed by atoms with Gasteiger partial charge in [-0.3, -0.25) is 9.69 Å². The Hall–Kier alpha value is -3.18. The van der Waals surface area contributed by atoms with Crippen LogP contribution in [0.25, 0.3) is 0 Å². The van der Waals surface area contributed by atoms with Crippen LogP contribution in [-0.2, 0) is 9.59 Å². The molecule has 2 aromatic rings. The molecule has 4 rings (SSSR count). The summed E-state index contributed by atoms with van der Waals surface area (Å²) < 4.78 is 0. The van der Waals surface area contributed by atoms with Crippen molar-refractivity contribution in [2.24, 2.45) is 0 Å². The molecular formula is C28H35N3O6S. The molecule has 0 spiro atoms. The number of benzene rings is 2. The molecule has 3 N–H and O–H groups in total. The summed E-state index contributed by atoms with van der Waals surface area (Å²) in [5, 5.41) is 24.7. The van der Waals surface area contributed by atoms with Crippen molar-refractivity contribution in [3.63, 3.8) is 0 Å². The minimum atomic E-state index is -1.26. The molecule has 38 heavy (non-hydrogen) atoms. The van der Waals surface area contributed by atoms with E-state index in [1.165, 1.54) is 15.5 Å². The van der Waals surface area contributed by atoms with Gasteiger partial charge in [-0.25, -0.2) is 9.59 Å². The first kappa shape index (κ1) is 29.4. The molecule has 0 atom stereocenters. The molecule has 0 unspecified atom stereocenters. The Morgan fingerprint density at radius 1 is 0.842 bits per heavy atom. The molecule has 0 radical (unpaired) electrons. The summed E-state index contributed by atoms with van der Waals surface area (Å²) in [6, 6.07) is 14.7. The maximum Gasteiger partial charge on any atom is 0.328 e. The van der Waals surface area contributed by atoms with Gasteiger partial charge in [0, 0.05) is 73.2 Å². The Morgan fingerprint density at radius 2 is 1.45 bits per heavy atom. The molecule has 1 fully saturated rings. The normalized spacial score (nSPS) is 15.4. The molecule has 2 aromatic carbocycles. The lowest BCUT2D eigenvalue weighted by Crippen LogP contribution is -2.47. The zero-order valence-electron chi connectivity index (χ0n) is 21.6. The first-order chi connectivity index (χ1) is 18.3. The van der Waals surface area contributed by atoms with Gasteiger partial charge < -0.3 is 25.1 Å². The van der Waals surface area contributed by atoms with Crippen molar-refractivity contribution in [1.82, 2.24) is 9.80 Å². The topological polar surface area (TPSA) is 122 Å². The number of β-amino-alcohol motifs (C(OH)–C–C–N with tert-alkyl or cyclic N) is 1. The van der Waals surface area contributed by atoms with Crippen LogP contribution in [0.15, 0.2) is 64.4 Å². The van der Waals surface area contributed by atoms with Crippen LogP contribution < -0.4 is 4.90 Å². The lowest BCUT2D eigenvalue weighted by atomic mass is 10.1. The maximum absolute atomic E-state index is 12.3. The lowest BCUT2D eigenvalue weighted by molar-refractivity contribution is -0.134. The van der Waals surface area contributed by atoms with Crippen LogP contribution in [0.3, 0.4) is 0 Å². The average molecular weight is 542 g/mol. The van der Waals surface area contributed by atoms with Crippen LogP contribution >= 0.6 is 11.8 Å². The van der Waals surface area contributed by atoms with Crippen molar-refractivity contribution >= 4 is 40.9 Å². The summed E-state index contributed by atoms with van der Waals surface area (Å²) in [6.45, 7) is 9.16. The molecule has 204 valence electrons. The predicted molar refractivity (Wildman–Crippen MR) is 148 cm³/mol. The number of aliphatic hydroxyl groups excluding tert-OH is 1. The van der Waals surface area contributed by atoms with Gasteiger partial charge in [0.25, 0.3) is 0 Å². The Bertz CT molecular complexity index is 1130. The third-order valence-electron chi connectivity index (χ3n) is 6.37. The predicted octanol–water partition coefficient (Wildman–Crippen LogP) is 3.59.